The Morgan fingerprint density at radius 3 is 2.65 bits per heavy atom. The molecule has 0 bridgehead atoms. The minimum absolute atomic E-state index is 0.122. The summed E-state index contributed by atoms with van der Waals surface area (Å²) < 4.78 is 0. The van der Waals surface area contributed by atoms with Gasteiger partial charge in [0, 0.05) is 38.2 Å². The predicted molar refractivity (Wildman–Crippen MR) is 80.9 cm³/mol. The molecule has 0 aliphatic rings. The van der Waals surface area contributed by atoms with Crippen molar-refractivity contribution in [2.24, 2.45) is 0 Å². The molecular weight excluding hydrogens is 278 g/mol. The fraction of sp³-hybridized carbons (Fsp3) is 0.500. The topological polar surface area (TPSA) is 55.8 Å². The molecule has 6 heteroatoms. The number of aliphatic hydroxyl groups excluding tert-OH is 1. The summed E-state index contributed by atoms with van der Waals surface area (Å²) in [5.41, 5.74) is 0.921. The van der Waals surface area contributed by atoms with Crippen LogP contribution in [0.5, 0.6) is 0 Å². The third-order valence-electron chi connectivity index (χ3n) is 2.96. The highest BCUT2D eigenvalue weighted by Gasteiger charge is 2.10. The highest BCUT2D eigenvalue weighted by molar-refractivity contribution is 6.31. The van der Waals surface area contributed by atoms with Crippen molar-refractivity contribution in [3.8, 4) is 0 Å². The maximum absolute atomic E-state index is 11.9. The van der Waals surface area contributed by atoms with Gasteiger partial charge in [-0.1, -0.05) is 29.8 Å². The number of hydrogen-bond donors (Lipinski definition) is 2. The van der Waals surface area contributed by atoms with Gasteiger partial charge in [-0.05, 0) is 18.7 Å². The van der Waals surface area contributed by atoms with Crippen molar-refractivity contribution in [2.75, 3.05) is 40.3 Å². The van der Waals surface area contributed by atoms with Gasteiger partial charge < -0.3 is 20.2 Å². The third kappa shape index (κ3) is 5.77. The Kier molecular flexibility index (Phi) is 7.36. The number of nitrogens with zero attached hydrogens (tertiary/aromatic N) is 2. The van der Waals surface area contributed by atoms with Crippen molar-refractivity contribution in [2.45, 2.75) is 6.54 Å². The lowest BCUT2D eigenvalue weighted by Crippen LogP contribution is -2.40. The van der Waals surface area contributed by atoms with Crippen molar-refractivity contribution < 1.29 is 9.90 Å². The van der Waals surface area contributed by atoms with Gasteiger partial charge in [-0.2, -0.15) is 0 Å². The van der Waals surface area contributed by atoms with E-state index in [0.717, 1.165) is 5.56 Å². The number of aliphatic hydroxyl groups is 1. The number of hydrogen-bond acceptors (Lipinski definition) is 3. The summed E-state index contributed by atoms with van der Waals surface area (Å²) in [6.45, 7) is 2.44. The largest absolute Gasteiger partial charge is 0.395 e. The smallest absolute Gasteiger partial charge is 0.317 e. The molecule has 0 unspecified atom stereocenters. The van der Waals surface area contributed by atoms with Crippen LogP contribution in [-0.2, 0) is 6.54 Å². The first-order chi connectivity index (χ1) is 9.54. The molecule has 0 atom stereocenters. The second kappa shape index (κ2) is 8.79. The number of halogens is 1. The van der Waals surface area contributed by atoms with Crippen LogP contribution in [0.2, 0.25) is 5.02 Å². The molecule has 1 rings (SSSR count). The van der Waals surface area contributed by atoms with Gasteiger partial charge >= 0.3 is 6.03 Å². The van der Waals surface area contributed by atoms with Gasteiger partial charge in [0.2, 0.25) is 0 Å². The highest BCUT2D eigenvalue weighted by atomic mass is 35.5. The molecule has 0 radical (unpaired) electrons. The monoisotopic (exact) mass is 299 g/mol. The second-order valence-electron chi connectivity index (χ2n) is 4.71. The number of carbonyl (C=O) groups is 1. The van der Waals surface area contributed by atoms with E-state index >= 15 is 0 Å². The number of urea groups is 1. The summed E-state index contributed by atoms with van der Waals surface area (Å²) in [4.78, 5) is 15.4. The molecule has 112 valence electrons. The first kappa shape index (κ1) is 16.8. The van der Waals surface area contributed by atoms with Crippen LogP contribution < -0.4 is 5.32 Å². The van der Waals surface area contributed by atoms with Gasteiger partial charge in [0.25, 0.3) is 0 Å². The summed E-state index contributed by atoms with van der Waals surface area (Å²) in [6.07, 6.45) is 0. The Balaban J connectivity index is 2.34. The van der Waals surface area contributed by atoms with Gasteiger partial charge in [0.15, 0.2) is 0 Å². The molecule has 0 fully saturated rings. The average molecular weight is 300 g/mol. The van der Waals surface area contributed by atoms with Crippen molar-refractivity contribution in [1.82, 2.24) is 15.1 Å². The SMILES string of the molecule is CN(CCO)CCNC(=O)N(C)Cc1ccccc1Cl. The van der Waals surface area contributed by atoms with E-state index in [4.69, 9.17) is 16.7 Å². The molecule has 5 nitrogen and oxygen atoms in total. The van der Waals surface area contributed by atoms with E-state index < -0.39 is 0 Å². The molecule has 1 aromatic rings. The highest BCUT2D eigenvalue weighted by Crippen LogP contribution is 2.16. The van der Waals surface area contributed by atoms with Crippen molar-refractivity contribution in [3.63, 3.8) is 0 Å². The van der Waals surface area contributed by atoms with Gasteiger partial charge in [-0.3, -0.25) is 0 Å². The average Bonchev–Trinajstić information content (AvgIpc) is 2.41. The fourth-order valence-electron chi connectivity index (χ4n) is 1.73. The molecule has 2 N–H and O–H groups in total. The lowest BCUT2D eigenvalue weighted by Gasteiger charge is -2.20. The van der Waals surface area contributed by atoms with Gasteiger partial charge in [-0.25, -0.2) is 4.79 Å². The molecule has 0 aromatic heterocycles. The van der Waals surface area contributed by atoms with Crippen LogP contribution in [0.4, 0.5) is 4.79 Å². The number of nitrogens with one attached hydrogen (secondary N) is 1. The summed E-state index contributed by atoms with van der Waals surface area (Å²) >= 11 is 6.06. The van der Waals surface area contributed by atoms with E-state index in [1.165, 1.54) is 0 Å². The van der Waals surface area contributed by atoms with Gasteiger partial charge in [0.05, 0.1) is 6.61 Å². The van der Waals surface area contributed by atoms with Crippen LogP contribution in [0.25, 0.3) is 0 Å². The molecule has 0 spiro atoms. The number of carbonyl (C=O) groups excluding carboxylic acids is 1. The molecule has 0 aliphatic carbocycles. The minimum Gasteiger partial charge on any atom is -0.395 e. The first-order valence-electron chi connectivity index (χ1n) is 6.56. The zero-order valence-electron chi connectivity index (χ0n) is 12.0. The fourth-order valence-corrected chi connectivity index (χ4v) is 1.92. The maximum Gasteiger partial charge on any atom is 0.317 e. The molecule has 0 saturated heterocycles. The number of likely N-dealkylation sites (N-methyl/N-ethyl adjacent to an activating group) is 1. The lowest BCUT2D eigenvalue weighted by molar-refractivity contribution is 0.200. The van der Waals surface area contributed by atoms with E-state index in [0.29, 0.717) is 31.2 Å². The number of amides is 2. The summed E-state index contributed by atoms with van der Waals surface area (Å²) in [6, 6.07) is 7.34. The molecular formula is C14H22ClN3O2. The Morgan fingerprint density at radius 2 is 2.00 bits per heavy atom. The predicted octanol–water partition coefficient (Wildman–Crippen LogP) is 1.41. The molecule has 2 amide bonds. The van der Waals surface area contributed by atoms with Crippen molar-refractivity contribution in [3.05, 3.63) is 34.9 Å². The minimum atomic E-state index is -0.137. The van der Waals surface area contributed by atoms with Gasteiger partial charge in [-0.15, -0.1) is 0 Å². The summed E-state index contributed by atoms with van der Waals surface area (Å²) in [7, 11) is 3.63. The van der Waals surface area contributed by atoms with Crippen molar-refractivity contribution in [1.29, 1.82) is 0 Å². The maximum atomic E-state index is 11.9. The van der Waals surface area contributed by atoms with Crippen molar-refractivity contribution >= 4 is 17.6 Å². The van der Waals surface area contributed by atoms with Crippen LogP contribution in [-0.4, -0.2) is 61.3 Å². The zero-order chi connectivity index (χ0) is 15.0. The van der Waals surface area contributed by atoms with Crippen LogP contribution in [0.15, 0.2) is 24.3 Å². The number of rotatable bonds is 7. The number of benzene rings is 1. The Morgan fingerprint density at radius 1 is 1.30 bits per heavy atom. The van der Waals surface area contributed by atoms with E-state index in [1.54, 1.807) is 11.9 Å². The molecule has 0 saturated carbocycles. The van der Waals surface area contributed by atoms with E-state index in [9.17, 15) is 4.79 Å². The Hall–Kier alpha value is -1.30. The molecule has 20 heavy (non-hydrogen) atoms. The first-order valence-corrected chi connectivity index (χ1v) is 6.94. The van der Waals surface area contributed by atoms with Crippen LogP contribution in [0.3, 0.4) is 0 Å². The Bertz CT molecular complexity index is 429. The molecule has 0 aliphatic heterocycles. The lowest BCUT2D eigenvalue weighted by atomic mass is 10.2. The van der Waals surface area contributed by atoms with E-state index in [2.05, 4.69) is 5.32 Å². The molecule has 1 aromatic carbocycles. The van der Waals surface area contributed by atoms with Crippen LogP contribution >= 0.6 is 11.6 Å². The quantitative estimate of drug-likeness (QED) is 0.800. The molecule has 0 heterocycles. The van der Waals surface area contributed by atoms with Crippen LogP contribution in [0, 0.1) is 0 Å². The van der Waals surface area contributed by atoms with Gasteiger partial charge in [0.1, 0.15) is 0 Å². The third-order valence-corrected chi connectivity index (χ3v) is 3.33. The Labute approximate surface area is 125 Å². The van der Waals surface area contributed by atoms with Crippen LogP contribution in [0.1, 0.15) is 5.56 Å². The van der Waals surface area contributed by atoms with E-state index in [1.807, 2.05) is 36.2 Å². The summed E-state index contributed by atoms with van der Waals surface area (Å²) in [5, 5.41) is 12.3. The second-order valence-corrected chi connectivity index (χ2v) is 5.11. The zero-order valence-corrected chi connectivity index (χ0v) is 12.7. The normalized spacial score (nSPS) is 10.7. The standard InChI is InChI=1S/C14H22ClN3O2/c1-17(9-10-19)8-7-16-14(20)18(2)11-12-5-3-4-6-13(12)15/h3-6,19H,7-11H2,1-2H3,(H,16,20). The van der Waals surface area contributed by atoms with E-state index in [-0.39, 0.29) is 12.6 Å². The summed E-state index contributed by atoms with van der Waals surface area (Å²) in [5.74, 6) is 0.